The summed E-state index contributed by atoms with van der Waals surface area (Å²) in [4.78, 5) is 22.4. The van der Waals surface area contributed by atoms with Crippen molar-refractivity contribution in [1.29, 1.82) is 5.26 Å². The summed E-state index contributed by atoms with van der Waals surface area (Å²) in [6, 6.07) is 4.53. The van der Waals surface area contributed by atoms with E-state index in [-0.39, 0.29) is 27.9 Å². The number of ketones is 1. The molecular weight excluding hydrogens is 263 g/mol. The highest BCUT2D eigenvalue weighted by molar-refractivity contribution is 6.40. The lowest BCUT2D eigenvalue weighted by molar-refractivity contribution is -0.115. The van der Waals surface area contributed by atoms with Crippen LogP contribution in [0.5, 0.6) is 0 Å². The Bertz CT molecular complexity index is 498. The standard InChI is InChI=1S/C11H8Cl2N2O2/c1-6(16)7-4-8(12)11(9(13)5-7)15-10(17)2-3-14/h4-5H,2H2,1H3,(H,15,17). The zero-order chi connectivity index (χ0) is 13.0. The van der Waals surface area contributed by atoms with E-state index in [9.17, 15) is 9.59 Å². The third-order valence-corrected chi connectivity index (χ3v) is 2.55. The molecule has 0 saturated heterocycles. The fourth-order valence-corrected chi connectivity index (χ4v) is 1.73. The molecular formula is C11H8Cl2N2O2. The molecule has 0 radical (unpaired) electrons. The molecule has 0 aliphatic carbocycles. The number of nitrogens with one attached hydrogen (secondary N) is 1. The van der Waals surface area contributed by atoms with Crippen LogP contribution in [0.25, 0.3) is 0 Å². The Morgan fingerprint density at radius 3 is 2.29 bits per heavy atom. The second kappa shape index (κ2) is 5.67. The van der Waals surface area contributed by atoms with Gasteiger partial charge in [0, 0.05) is 5.56 Å². The lowest BCUT2D eigenvalue weighted by Gasteiger charge is -2.09. The molecule has 1 aromatic rings. The number of carbonyl (C=O) groups is 2. The van der Waals surface area contributed by atoms with Crippen molar-refractivity contribution in [3.63, 3.8) is 0 Å². The molecule has 0 atom stereocenters. The summed E-state index contributed by atoms with van der Waals surface area (Å²) < 4.78 is 0. The number of rotatable bonds is 3. The van der Waals surface area contributed by atoms with Crippen LogP contribution in [0.3, 0.4) is 0 Å². The van der Waals surface area contributed by atoms with Crippen LogP contribution >= 0.6 is 23.2 Å². The van der Waals surface area contributed by atoms with Crippen molar-refractivity contribution in [2.45, 2.75) is 13.3 Å². The number of anilines is 1. The Labute approximate surface area is 108 Å². The molecule has 0 aliphatic rings. The van der Waals surface area contributed by atoms with Crippen LogP contribution in [0.1, 0.15) is 23.7 Å². The highest BCUT2D eigenvalue weighted by Gasteiger charge is 2.12. The third-order valence-electron chi connectivity index (χ3n) is 1.95. The van der Waals surface area contributed by atoms with Gasteiger partial charge in [-0.2, -0.15) is 5.26 Å². The molecule has 4 nitrogen and oxygen atoms in total. The van der Waals surface area contributed by atoms with Crippen LogP contribution in [0.4, 0.5) is 5.69 Å². The number of carbonyl (C=O) groups excluding carboxylic acids is 2. The molecule has 1 N–H and O–H groups in total. The van der Waals surface area contributed by atoms with Crippen molar-refractivity contribution < 1.29 is 9.59 Å². The van der Waals surface area contributed by atoms with Gasteiger partial charge in [-0.3, -0.25) is 9.59 Å². The van der Waals surface area contributed by atoms with Crippen molar-refractivity contribution in [1.82, 2.24) is 0 Å². The minimum atomic E-state index is -0.508. The maximum atomic E-state index is 11.2. The number of hydrogen-bond donors (Lipinski definition) is 1. The van der Waals surface area contributed by atoms with Gasteiger partial charge in [0.05, 0.1) is 21.8 Å². The molecule has 1 amide bonds. The Hall–Kier alpha value is -1.57. The quantitative estimate of drug-likeness (QED) is 0.859. The molecule has 0 aliphatic heterocycles. The van der Waals surface area contributed by atoms with Gasteiger partial charge in [0.2, 0.25) is 5.91 Å². The number of nitriles is 1. The molecule has 0 bridgehead atoms. The van der Waals surface area contributed by atoms with Crippen LogP contribution in [-0.2, 0) is 4.79 Å². The molecule has 0 spiro atoms. The average molecular weight is 271 g/mol. The molecule has 0 saturated carbocycles. The van der Waals surface area contributed by atoms with Crippen LogP contribution in [0.15, 0.2) is 12.1 Å². The summed E-state index contributed by atoms with van der Waals surface area (Å²) in [6.45, 7) is 1.38. The Morgan fingerprint density at radius 2 is 1.88 bits per heavy atom. The SMILES string of the molecule is CC(=O)c1cc(Cl)c(NC(=O)CC#N)c(Cl)c1. The molecule has 0 unspecified atom stereocenters. The van der Waals surface area contributed by atoms with Crippen molar-refractivity contribution in [2.75, 3.05) is 5.32 Å². The van der Waals surface area contributed by atoms with Gasteiger partial charge in [-0.25, -0.2) is 0 Å². The summed E-state index contributed by atoms with van der Waals surface area (Å²) in [5.41, 5.74) is 0.567. The van der Waals surface area contributed by atoms with Gasteiger partial charge in [0.1, 0.15) is 6.42 Å². The van der Waals surface area contributed by atoms with E-state index in [0.717, 1.165) is 0 Å². The van der Waals surface area contributed by atoms with Gasteiger partial charge in [-0.05, 0) is 19.1 Å². The summed E-state index contributed by atoms with van der Waals surface area (Å²) >= 11 is 11.8. The number of Topliss-reactive ketones (excluding diaryl/α,β-unsaturated/α-hetero) is 1. The lowest BCUT2D eigenvalue weighted by atomic mass is 10.1. The topological polar surface area (TPSA) is 70.0 Å². The maximum absolute atomic E-state index is 11.2. The first-order valence-electron chi connectivity index (χ1n) is 4.62. The summed E-state index contributed by atoms with van der Waals surface area (Å²) in [7, 11) is 0. The molecule has 0 aromatic heterocycles. The number of hydrogen-bond acceptors (Lipinski definition) is 3. The first-order chi connectivity index (χ1) is 7.95. The van der Waals surface area contributed by atoms with Crippen molar-refractivity contribution in [3.8, 4) is 6.07 Å². The van der Waals surface area contributed by atoms with E-state index >= 15 is 0 Å². The summed E-state index contributed by atoms with van der Waals surface area (Å²) in [6.07, 6.45) is -0.291. The molecule has 0 heterocycles. The number of benzene rings is 1. The van der Waals surface area contributed by atoms with Crippen molar-refractivity contribution >= 4 is 40.6 Å². The predicted octanol–water partition coefficient (Wildman–Crippen LogP) is 3.05. The van der Waals surface area contributed by atoms with E-state index in [2.05, 4.69) is 5.32 Å². The van der Waals surface area contributed by atoms with Gasteiger partial charge in [0.15, 0.2) is 5.78 Å². The third kappa shape index (κ3) is 3.45. The minimum absolute atomic E-state index is 0.161. The molecule has 0 fully saturated rings. The van der Waals surface area contributed by atoms with Crippen LogP contribution in [-0.4, -0.2) is 11.7 Å². The highest BCUT2D eigenvalue weighted by Crippen LogP contribution is 2.32. The van der Waals surface area contributed by atoms with Gasteiger partial charge in [-0.15, -0.1) is 0 Å². The van der Waals surface area contributed by atoms with E-state index in [4.69, 9.17) is 28.5 Å². The van der Waals surface area contributed by atoms with E-state index in [1.54, 1.807) is 6.07 Å². The first-order valence-corrected chi connectivity index (χ1v) is 5.38. The smallest absolute Gasteiger partial charge is 0.238 e. The molecule has 1 rings (SSSR count). The normalized spacial score (nSPS) is 9.53. The monoisotopic (exact) mass is 270 g/mol. The Morgan fingerprint density at radius 1 is 1.35 bits per heavy atom. The summed E-state index contributed by atoms with van der Waals surface area (Å²) in [5.74, 6) is -0.685. The Kier molecular flexibility index (Phi) is 4.50. The van der Waals surface area contributed by atoms with Crippen LogP contribution in [0.2, 0.25) is 10.0 Å². The predicted molar refractivity (Wildman–Crippen MR) is 65.3 cm³/mol. The van der Waals surface area contributed by atoms with Crippen molar-refractivity contribution in [2.24, 2.45) is 0 Å². The zero-order valence-corrected chi connectivity index (χ0v) is 10.4. The number of amides is 1. The number of halogens is 2. The maximum Gasteiger partial charge on any atom is 0.238 e. The highest BCUT2D eigenvalue weighted by atomic mass is 35.5. The van der Waals surface area contributed by atoms with Gasteiger partial charge >= 0.3 is 0 Å². The fourth-order valence-electron chi connectivity index (χ4n) is 1.15. The molecule has 6 heteroatoms. The fraction of sp³-hybridized carbons (Fsp3) is 0.182. The minimum Gasteiger partial charge on any atom is -0.323 e. The molecule has 1 aromatic carbocycles. The van der Waals surface area contributed by atoms with E-state index in [1.165, 1.54) is 19.1 Å². The van der Waals surface area contributed by atoms with E-state index < -0.39 is 5.91 Å². The van der Waals surface area contributed by atoms with Gasteiger partial charge in [0.25, 0.3) is 0 Å². The first kappa shape index (κ1) is 13.5. The largest absolute Gasteiger partial charge is 0.323 e. The molecule has 17 heavy (non-hydrogen) atoms. The lowest BCUT2D eigenvalue weighted by Crippen LogP contribution is -2.11. The zero-order valence-electron chi connectivity index (χ0n) is 8.88. The number of nitrogens with zero attached hydrogens (tertiary/aromatic N) is 1. The Balaban J connectivity index is 3.07. The van der Waals surface area contributed by atoms with E-state index in [1.807, 2.05) is 0 Å². The summed E-state index contributed by atoms with van der Waals surface area (Å²) in [5, 5.41) is 11.1. The second-order valence-electron chi connectivity index (χ2n) is 3.25. The van der Waals surface area contributed by atoms with Gasteiger partial charge < -0.3 is 5.32 Å². The molecule has 88 valence electrons. The van der Waals surface area contributed by atoms with E-state index in [0.29, 0.717) is 5.56 Å². The second-order valence-corrected chi connectivity index (χ2v) is 4.07. The average Bonchev–Trinajstić information content (AvgIpc) is 2.23. The van der Waals surface area contributed by atoms with Crippen LogP contribution < -0.4 is 5.32 Å². The van der Waals surface area contributed by atoms with Crippen molar-refractivity contribution in [3.05, 3.63) is 27.7 Å². The van der Waals surface area contributed by atoms with Gasteiger partial charge in [-0.1, -0.05) is 23.2 Å². The van der Waals surface area contributed by atoms with Crippen LogP contribution in [0, 0.1) is 11.3 Å².